The minimum Gasteiger partial charge on any atom is -0.394 e. The summed E-state index contributed by atoms with van der Waals surface area (Å²) in [5, 5.41) is 17.5. The predicted molar refractivity (Wildman–Crippen MR) is 80.1 cm³/mol. The van der Waals surface area contributed by atoms with Crippen LogP contribution in [0, 0.1) is 0 Å². The van der Waals surface area contributed by atoms with E-state index < -0.39 is 0 Å². The lowest BCUT2D eigenvalue weighted by atomic mass is 10.1. The molecule has 20 heavy (non-hydrogen) atoms. The number of hydrogen-bond donors (Lipinski definition) is 3. The number of aromatic nitrogens is 1. The molecule has 0 aliphatic carbocycles. The molecule has 0 aliphatic rings. The van der Waals surface area contributed by atoms with Gasteiger partial charge in [0.1, 0.15) is 5.69 Å². The Labute approximate surface area is 121 Å². The van der Waals surface area contributed by atoms with Gasteiger partial charge in [0.25, 0.3) is 5.91 Å². The van der Waals surface area contributed by atoms with Gasteiger partial charge >= 0.3 is 0 Å². The first kappa shape index (κ1) is 14.5. The van der Waals surface area contributed by atoms with E-state index in [2.05, 4.69) is 15.6 Å². The third-order valence-electron chi connectivity index (χ3n) is 2.83. The molecule has 6 heteroatoms. The molecule has 0 radical (unpaired) electrons. The molecule has 0 saturated heterocycles. The summed E-state index contributed by atoms with van der Waals surface area (Å²) in [5.74, 6) is -0.266. The smallest absolute Gasteiger partial charge is 0.271 e. The topological polar surface area (TPSA) is 74.2 Å². The van der Waals surface area contributed by atoms with Crippen LogP contribution in [0.2, 0.25) is 0 Å². The van der Waals surface area contributed by atoms with Crippen LogP contribution in [-0.2, 0) is 6.42 Å². The highest BCUT2D eigenvalue weighted by Crippen LogP contribution is 2.14. The van der Waals surface area contributed by atoms with Gasteiger partial charge in [-0.1, -0.05) is 30.3 Å². The average molecular weight is 291 g/mol. The standard InChI is InChI=1S/C14H17N3O2S/c1-15-14-17-12(9-20-14)13(19)16-11(8-18)7-10-5-3-2-4-6-10/h2-6,9,11,18H,7-8H2,1H3,(H,15,17)(H,16,19)/t11-/m1/s1. The van der Waals surface area contributed by atoms with Crippen LogP contribution in [0.4, 0.5) is 5.13 Å². The minimum atomic E-state index is -0.315. The van der Waals surface area contributed by atoms with E-state index in [1.54, 1.807) is 12.4 Å². The van der Waals surface area contributed by atoms with E-state index in [4.69, 9.17) is 0 Å². The fraction of sp³-hybridized carbons (Fsp3) is 0.286. The molecule has 1 amide bonds. The molecule has 1 heterocycles. The molecule has 1 aromatic carbocycles. The zero-order chi connectivity index (χ0) is 14.4. The summed E-state index contributed by atoms with van der Waals surface area (Å²) in [6.45, 7) is -0.107. The van der Waals surface area contributed by atoms with Gasteiger partial charge in [0, 0.05) is 12.4 Å². The molecular weight excluding hydrogens is 274 g/mol. The number of carbonyl (C=O) groups is 1. The first-order chi connectivity index (χ1) is 9.72. The number of hydrogen-bond acceptors (Lipinski definition) is 5. The molecule has 0 unspecified atom stereocenters. The Kier molecular flexibility index (Phi) is 5.09. The van der Waals surface area contributed by atoms with Crippen LogP contribution >= 0.6 is 11.3 Å². The molecular formula is C14H17N3O2S. The number of benzene rings is 1. The second-order valence-corrected chi connectivity index (χ2v) is 5.19. The number of rotatable bonds is 6. The highest BCUT2D eigenvalue weighted by atomic mass is 32.1. The summed E-state index contributed by atoms with van der Waals surface area (Å²) in [6.07, 6.45) is 0.589. The SMILES string of the molecule is CNc1nc(C(=O)N[C@@H](CO)Cc2ccccc2)cs1. The molecule has 2 rings (SSSR count). The molecule has 0 fully saturated rings. The summed E-state index contributed by atoms with van der Waals surface area (Å²) in [7, 11) is 1.76. The second-order valence-electron chi connectivity index (χ2n) is 4.33. The van der Waals surface area contributed by atoms with Crippen molar-refractivity contribution >= 4 is 22.4 Å². The molecule has 1 atom stereocenters. The Balaban J connectivity index is 1.97. The highest BCUT2D eigenvalue weighted by molar-refractivity contribution is 7.13. The van der Waals surface area contributed by atoms with Crippen LogP contribution in [-0.4, -0.2) is 35.7 Å². The van der Waals surface area contributed by atoms with E-state index in [0.29, 0.717) is 17.2 Å². The van der Waals surface area contributed by atoms with Crippen LogP contribution in [0.15, 0.2) is 35.7 Å². The van der Waals surface area contributed by atoms with Gasteiger partial charge in [-0.05, 0) is 12.0 Å². The largest absolute Gasteiger partial charge is 0.394 e. The Morgan fingerprint density at radius 2 is 2.15 bits per heavy atom. The van der Waals surface area contributed by atoms with Gasteiger partial charge in [-0.2, -0.15) is 0 Å². The van der Waals surface area contributed by atoms with E-state index >= 15 is 0 Å². The summed E-state index contributed by atoms with van der Waals surface area (Å²) in [4.78, 5) is 16.2. The van der Waals surface area contributed by atoms with E-state index in [0.717, 1.165) is 5.56 Å². The Morgan fingerprint density at radius 1 is 1.40 bits per heavy atom. The molecule has 1 aromatic heterocycles. The van der Waals surface area contributed by atoms with Crippen molar-refractivity contribution in [2.75, 3.05) is 19.0 Å². The number of aliphatic hydroxyl groups is 1. The van der Waals surface area contributed by atoms with Crippen molar-refractivity contribution in [2.45, 2.75) is 12.5 Å². The fourth-order valence-electron chi connectivity index (χ4n) is 1.81. The van der Waals surface area contributed by atoms with Crippen LogP contribution in [0.25, 0.3) is 0 Å². The van der Waals surface area contributed by atoms with Crippen LogP contribution in [0.1, 0.15) is 16.1 Å². The molecule has 2 aromatic rings. The Morgan fingerprint density at radius 3 is 2.75 bits per heavy atom. The lowest BCUT2D eigenvalue weighted by Crippen LogP contribution is -2.39. The molecule has 0 saturated carbocycles. The number of anilines is 1. The van der Waals surface area contributed by atoms with Gasteiger partial charge in [0.2, 0.25) is 0 Å². The van der Waals surface area contributed by atoms with E-state index in [9.17, 15) is 9.90 Å². The lowest BCUT2D eigenvalue weighted by Gasteiger charge is -2.15. The van der Waals surface area contributed by atoms with Gasteiger partial charge in [0.05, 0.1) is 12.6 Å². The molecule has 0 spiro atoms. The van der Waals surface area contributed by atoms with Gasteiger partial charge in [-0.3, -0.25) is 4.79 Å². The number of thiazole rings is 1. The Hall–Kier alpha value is -1.92. The summed E-state index contributed by atoms with van der Waals surface area (Å²) >= 11 is 1.37. The maximum Gasteiger partial charge on any atom is 0.271 e. The lowest BCUT2D eigenvalue weighted by molar-refractivity contribution is 0.0912. The van der Waals surface area contributed by atoms with Crippen molar-refractivity contribution in [3.05, 3.63) is 47.0 Å². The predicted octanol–water partition coefficient (Wildman–Crippen LogP) is 1.52. The molecule has 106 valence electrons. The maximum absolute atomic E-state index is 12.0. The van der Waals surface area contributed by atoms with Crippen LogP contribution in [0.3, 0.4) is 0 Å². The normalized spacial score (nSPS) is 11.9. The molecule has 0 aliphatic heterocycles. The maximum atomic E-state index is 12.0. The third kappa shape index (κ3) is 3.79. The minimum absolute atomic E-state index is 0.107. The van der Waals surface area contributed by atoms with Crippen molar-refractivity contribution in [1.29, 1.82) is 0 Å². The second kappa shape index (κ2) is 7.02. The summed E-state index contributed by atoms with van der Waals surface area (Å²) < 4.78 is 0. The number of aliphatic hydroxyl groups excluding tert-OH is 1. The van der Waals surface area contributed by atoms with Crippen LogP contribution < -0.4 is 10.6 Å². The van der Waals surface area contributed by atoms with Crippen LogP contribution in [0.5, 0.6) is 0 Å². The fourth-order valence-corrected chi connectivity index (χ4v) is 2.46. The summed E-state index contributed by atoms with van der Waals surface area (Å²) in [5.41, 5.74) is 1.44. The zero-order valence-electron chi connectivity index (χ0n) is 11.2. The Bertz CT molecular complexity index is 557. The zero-order valence-corrected chi connectivity index (χ0v) is 12.0. The highest BCUT2D eigenvalue weighted by Gasteiger charge is 2.15. The number of nitrogens with zero attached hydrogens (tertiary/aromatic N) is 1. The van der Waals surface area contributed by atoms with Crippen molar-refractivity contribution < 1.29 is 9.90 Å². The molecule has 0 bridgehead atoms. The van der Waals surface area contributed by atoms with Crippen molar-refractivity contribution in [3.63, 3.8) is 0 Å². The van der Waals surface area contributed by atoms with Crippen molar-refractivity contribution in [2.24, 2.45) is 0 Å². The van der Waals surface area contributed by atoms with E-state index in [1.165, 1.54) is 11.3 Å². The molecule has 3 N–H and O–H groups in total. The number of amides is 1. The quantitative estimate of drug-likeness (QED) is 0.754. The number of nitrogens with one attached hydrogen (secondary N) is 2. The van der Waals surface area contributed by atoms with Crippen molar-refractivity contribution in [3.8, 4) is 0 Å². The van der Waals surface area contributed by atoms with Gasteiger partial charge in [0.15, 0.2) is 5.13 Å². The van der Waals surface area contributed by atoms with E-state index in [-0.39, 0.29) is 18.6 Å². The molecule has 5 nitrogen and oxygen atoms in total. The third-order valence-corrected chi connectivity index (χ3v) is 3.69. The first-order valence-electron chi connectivity index (χ1n) is 6.32. The first-order valence-corrected chi connectivity index (χ1v) is 7.20. The van der Waals surface area contributed by atoms with E-state index in [1.807, 2.05) is 30.3 Å². The monoisotopic (exact) mass is 291 g/mol. The van der Waals surface area contributed by atoms with Crippen molar-refractivity contribution in [1.82, 2.24) is 10.3 Å². The van der Waals surface area contributed by atoms with Gasteiger partial charge in [-0.15, -0.1) is 11.3 Å². The van der Waals surface area contributed by atoms with Gasteiger partial charge < -0.3 is 15.7 Å². The average Bonchev–Trinajstić information content (AvgIpc) is 2.96. The van der Waals surface area contributed by atoms with Gasteiger partial charge in [-0.25, -0.2) is 4.98 Å². The summed E-state index contributed by atoms with van der Waals surface area (Å²) in [6, 6.07) is 9.43. The number of carbonyl (C=O) groups excluding carboxylic acids is 1.